The van der Waals surface area contributed by atoms with Crippen molar-refractivity contribution in [3.63, 3.8) is 0 Å². The number of aryl methyl sites for hydroxylation is 2. The number of phenols is 1. The minimum Gasteiger partial charge on any atom is -0.508 e. The molecule has 0 unspecified atom stereocenters. The number of rotatable bonds is 8. The number of nitrogens with zero attached hydrogens (tertiary/aromatic N) is 1. The Labute approximate surface area is 169 Å². The number of phenolic OH excluding ortho intramolecular Hbond substituents is 1. The molecular weight excluding hydrogens is 372 g/mol. The highest BCUT2D eigenvalue weighted by molar-refractivity contribution is 6.08. The minimum absolute atomic E-state index is 0.110. The molecule has 7 heteroatoms. The number of methoxy groups -OCH3 is 1. The molecule has 0 radical (unpaired) electrons. The van der Waals surface area contributed by atoms with Gasteiger partial charge >= 0.3 is 5.97 Å². The van der Waals surface area contributed by atoms with E-state index >= 15 is 0 Å². The number of benzene rings is 2. The van der Waals surface area contributed by atoms with Crippen LogP contribution in [-0.4, -0.2) is 53.8 Å². The standard InChI is InChI=1S/C22H24N2O5/c1-29-22(28)19-14-24(12-13-25)21(27)20(19)23-17-8-4-15(5-9-17)2-3-16-6-10-18(26)11-7-16/h4-11,23,25-26H,2-3,12-14H2,1H3. The summed E-state index contributed by atoms with van der Waals surface area (Å²) in [5, 5.41) is 21.5. The number of aliphatic hydroxyl groups excluding tert-OH is 1. The van der Waals surface area contributed by atoms with E-state index in [9.17, 15) is 14.7 Å². The van der Waals surface area contributed by atoms with Gasteiger partial charge in [-0.2, -0.15) is 0 Å². The Balaban J connectivity index is 1.67. The average molecular weight is 396 g/mol. The first kappa shape index (κ1) is 20.4. The first-order valence-corrected chi connectivity index (χ1v) is 9.37. The molecule has 7 nitrogen and oxygen atoms in total. The molecule has 3 N–H and O–H groups in total. The SMILES string of the molecule is COC(=O)C1=C(Nc2ccc(CCc3ccc(O)cc3)cc2)C(=O)N(CCO)C1. The molecule has 1 amide bonds. The van der Waals surface area contributed by atoms with Gasteiger partial charge in [0.2, 0.25) is 0 Å². The second-order valence-electron chi connectivity index (χ2n) is 6.78. The fraction of sp³-hybridized carbons (Fsp3) is 0.273. The van der Waals surface area contributed by atoms with Crippen LogP contribution in [-0.2, 0) is 27.2 Å². The number of nitrogens with one attached hydrogen (secondary N) is 1. The second-order valence-corrected chi connectivity index (χ2v) is 6.78. The number of carbonyl (C=O) groups is 2. The van der Waals surface area contributed by atoms with E-state index in [0.29, 0.717) is 5.69 Å². The van der Waals surface area contributed by atoms with Crippen molar-refractivity contribution in [1.82, 2.24) is 4.90 Å². The highest BCUT2D eigenvalue weighted by Crippen LogP contribution is 2.23. The molecule has 0 saturated heterocycles. The molecule has 0 aliphatic carbocycles. The van der Waals surface area contributed by atoms with Gasteiger partial charge in [0.15, 0.2) is 0 Å². The molecule has 0 fully saturated rings. The number of amides is 1. The molecule has 1 aliphatic rings. The Morgan fingerprint density at radius 3 is 2.21 bits per heavy atom. The van der Waals surface area contributed by atoms with Gasteiger partial charge in [-0.25, -0.2) is 4.79 Å². The van der Waals surface area contributed by atoms with Crippen LogP contribution in [0.3, 0.4) is 0 Å². The Kier molecular flexibility index (Phi) is 6.51. The molecule has 29 heavy (non-hydrogen) atoms. The number of hydrogen-bond acceptors (Lipinski definition) is 6. The van der Waals surface area contributed by atoms with E-state index in [-0.39, 0.29) is 42.6 Å². The molecule has 2 aromatic carbocycles. The molecule has 0 atom stereocenters. The fourth-order valence-corrected chi connectivity index (χ4v) is 3.20. The van der Waals surface area contributed by atoms with Gasteiger partial charge in [-0.3, -0.25) is 4.79 Å². The maximum atomic E-state index is 12.5. The maximum absolute atomic E-state index is 12.5. The van der Waals surface area contributed by atoms with Gasteiger partial charge in [-0.1, -0.05) is 24.3 Å². The van der Waals surface area contributed by atoms with E-state index < -0.39 is 5.97 Å². The van der Waals surface area contributed by atoms with Crippen molar-refractivity contribution in [2.24, 2.45) is 0 Å². The van der Waals surface area contributed by atoms with Crippen LogP contribution in [0.25, 0.3) is 0 Å². The second kappa shape index (κ2) is 9.25. The molecule has 0 aromatic heterocycles. The summed E-state index contributed by atoms with van der Waals surface area (Å²) in [6.45, 7) is 0.0863. The number of carbonyl (C=O) groups excluding carboxylic acids is 2. The van der Waals surface area contributed by atoms with E-state index in [1.807, 2.05) is 36.4 Å². The smallest absolute Gasteiger partial charge is 0.337 e. The Morgan fingerprint density at radius 1 is 1.07 bits per heavy atom. The van der Waals surface area contributed by atoms with E-state index in [1.165, 1.54) is 12.0 Å². The Hall–Kier alpha value is -3.32. The number of hydrogen-bond donors (Lipinski definition) is 3. The lowest BCUT2D eigenvalue weighted by Gasteiger charge is -2.15. The van der Waals surface area contributed by atoms with Crippen LogP contribution in [0.5, 0.6) is 5.75 Å². The van der Waals surface area contributed by atoms with Crippen LogP contribution >= 0.6 is 0 Å². The van der Waals surface area contributed by atoms with Crippen LogP contribution in [0.4, 0.5) is 5.69 Å². The van der Waals surface area contributed by atoms with E-state index in [2.05, 4.69) is 5.32 Å². The summed E-state index contributed by atoms with van der Waals surface area (Å²) in [4.78, 5) is 26.0. The summed E-state index contributed by atoms with van der Waals surface area (Å²) in [5.74, 6) is -0.647. The summed E-state index contributed by atoms with van der Waals surface area (Å²) >= 11 is 0. The molecule has 152 valence electrons. The maximum Gasteiger partial charge on any atom is 0.337 e. The van der Waals surface area contributed by atoms with Gasteiger partial charge in [-0.15, -0.1) is 0 Å². The van der Waals surface area contributed by atoms with Gasteiger partial charge in [0.05, 0.1) is 25.8 Å². The predicted molar refractivity (Wildman–Crippen MR) is 108 cm³/mol. The number of anilines is 1. The zero-order chi connectivity index (χ0) is 20.8. The number of aromatic hydroxyl groups is 1. The first-order valence-electron chi connectivity index (χ1n) is 9.37. The van der Waals surface area contributed by atoms with Crippen molar-refractivity contribution >= 4 is 17.6 Å². The van der Waals surface area contributed by atoms with Crippen LogP contribution in [0.2, 0.25) is 0 Å². The zero-order valence-corrected chi connectivity index (χ0v) is 16.2. The minimum atomic E-state index is -0.563. The summed E-state index contributed by atoms with van der Waals surface area (Å²) in [6, 6.07) is 14.8. The highest BCUT2D eigenvalue weighted by Gasteiger charge is 2.34. The monoisotopic (exact) mass is 396 g/mol. The normalized spacial score (nSPS) is 13.7. The Morgan fingerprint density at radius 2 is 1.66 bits per heavy atom. The third kappa shape index (κ3) is 4.94. The van der Waals surface area contributed by atoms with Gasteiger partial charge in [-0.05, 0) is 48.2 Å². The van der Waals surface area contributed by atoms with E-state index in [4.69, 9.17) is 9.84 Å². The number of esters is 1. The Bertz CT molecular complexity index is 904. The van der Waals surface area contributed by atoms with Gasteiger partial charge < -0.3 is 25.2 Å². The summed E-state index contributed by atoms with van der Waals surface area (Å²) in [7, 11) is 1.27. The largest absolute Gasteiger partial charge is 0.508 e. The van der Waals surface area contributed by atoms with Crippen molar-refractivity contribution in [1.29, 1.82) is 0 Å². The van der Waals surface area contributed by atoms with E-state index in [0.717, 1.165) is 24.0 Å². The first-order chi connectivity index (χ1) is 14.0. The van der Waals surface area contributed by atoms with Crippen molar-refractivity contribution in [3.05, 3.63) is 70.9 Å². The van der Waals surface area contributed by atoms with E-state index in [1.54, 1.807) is 12.1 Å². The lowest BCUT2D eigenvalue weighted by atomic mass is 10.0. The van der Waals surface area contributed by atoms with Gasteiger partial charge in [0.25, 0.3) is 5.91 Å². The molecule has 0 spiro atoms. The van der Waals surface area contributed by atoms with Crippen molar-refractivity contribution in [2.45, 2.75) is 12.8 Å². The zero-order valence-electron chi connectivity index (χ0n) is 16.2. The molecule has 0 saturated carbocycles. The third-order valence-electron chi connectivity index (χ3n) is 4.82. The molecule has 1 aliphatic heterocycles. The molecule has 2 aromatic rings. The van der Waals surface area contributed by atoms with Gasteiger partial charge in [0, 0.05) is 12.2 Å². The third-order valence-corrected chi connectivity index (χ3v) is 4.82. The van der Waals surface area contributed by atoms with Crippen molar-refractivity contribution < 1.29 is 24.5 Å². The fourth-order valence-electron chi connectivity index (χ4n) is 3.20. The van der Waals surface area contributed by atoms with Crippen LogP contribution < -0.4 is 5.32 Å². The topological polar surface area (TPSA) is 99.1 Å². The lowest BCUT2D eigenvalue weighted by Crippen LogP contribution is -2.31. The predicted octanol–water partition coefficient (Wildman–Crippen LogP) is 1.85. The van der Waals surface area contributed by atoms with Crippen LogP contribution in [0, 0.1) is 0 Å². The number of β-amino-alcohol motifs (C(OH)–C–C–N with tert-alkyl or cyclic N) is 1. The highest BCUT2D eigenvalue weighted by atomic mass is 16.5. The molecule has 0 bridgehead atoms. The lowest BCUT2D eigenvalue weighted by molar-refractivity contribution is -0.136. The summed E-state index contributed by atoms with van der Waals surface area (Å²) in [6.07, 6.45) is 1.68. The number of aliphatic hydroxyl groups is 1. The average Bonchev–Trinajstić information content (AvgIpc) is 3.04. The molecule has 3 rings (SSSR count). The molecular formula is C22H24N2O5. The van der Waals surface area contributed by atoms with Crippen LogP contribution in [0.15, 0.2) is 59.8 Å². The number of ether oxygens (including phenoxy) is 1. The summed E-state index contributed by atoms with van der Waals surface area (Å²) in [5.41, 5.74) is 3.39. The quantitative estimate of drug-likeness (QED) is 0.589. The summed E-state index contributed by atoms with van der Waals surface area (Å²) < 4.78 is 4.78. The van der Waals surface area contributed by atoms with Crippen LogP contribution in [0.1, 0.15) is 11.1 Å². The molecule has 1 heterocycles. The van der Waals surface area contributed by atoms with Gasteiger partial charge in [0.1, 0.15) is 11.4 Å². The van der Waals surface area contributed by atoms with Crippen molar-refractivity contribution in [3.8, 4) is 5.75 Å². The van der Waals surface area contributed by atoms with Crippen molar-refractivity contribution in [2.75, 3.05) is 32.1 Å².